The highest BCUT2D eigenvalue weighted by Crippen LogP contribution is 2.38. The summed E-state index contributed by atoms with van der Waals surface area (Å²) in [6.45, 7) is 3.76. The van der Waals surface area contributed by atoms with Gasteiger partial charge in [0.1, 0.15) is 11.6 Å². The number of rotatable bonds is 4. The predicted octanol–water partition coefficient (Wildman–Crippen LogP) is 1.67. The maximum absolute atomic E-state index is 14.0. The SMILES string of the molecule is COc1ccc(F)c(NC2(CN)CCN3CCC2C3)c1. The Kier molecular flexibility index (Phi) is 3.56. The topological polar surface area (TPSA) is 50.5 Å². The standard InChI is InChI=1S/C15H22FN3O/c1-20-12-2-3-13(16)14(8-12)18-15(10-17)5-7-19-6-4-11(15)9-19/h2-3,8,11,18H,4-7,9-10,17H2,1H3. The smallest absolute Gasteiger partial charge is 0.146 e. The van der Waals surface area contributed by atoms with E-state index in [1.165, 1.54) is 6.07 Å². The van der Waals surface area contributed by atoms with Crippen molar-refractivity contribution in [2.45, 2.75) is 18.4 Å². The quantitative estimate of drug-likeness (QED) is 0.880. The normalized spacial score (nSPS) is 32.1. The minimum Gasteiger partial charge on any atom is -0.497 e. The Hall–Kier alpha value is -1.33. The summed E-state index contributed by atoms with van der Waals surface area (Å²) in [7, 11) is 1.59. The number of benzene rings is 1. The number of anilines is 1. The van der Waals surface area contributed by atoms with Gasteiger partial charge < -0.3 is 20.7 Å². The van der Waals surface area contributed by atoms with Crippen LogP contribution in [0.3, 0.4) is 0 Å². The first-order valence-electron chi connectivity index (χ1n) is 7.21. The summed E-state index contributed by atoms with van der Waals surface area (Å²) in [5.74, 6) is 0.899. The lowest BCUT2D eigenvalue weighted by atomic mass is 9.78. The fourth-order valence-electron chi connectivity index (χ4n) is 3.53. The molecule has 2 aliphatic rings. The van der Waals surface area contributed by atoms with E-state index in [1.807, 2.05) is 0 Å². The van der Waals surface area contributed by atoms with Gasteiger partial charge in [0, 0.05) is 25.7 Å². The summed E-state index contributed by atoms with van der Waals surface area (Å²) in [4.78, 5) is 2.46. The van der Waals surface area contributed by atoms with Gasteiger partial charge in [0.2, 0.25) is 0 Å². The van der Waals surface area contributed by atoms with Crippen LogP contribution >= 0.6 is 0 Å². The van der Waals surface area contributed by atoms with E-state index in [-0.39, 0.29) is 11.4 Å². The minimum atomic E-state index is -0.251. The van der Waals surface area contributed by atoms with Crippen LogP contribution in [-0.4, -0.2) is 43.7 Å². The number of hydrogen-bond acceptors (Lipinski definition) is 4. The molecule has 2 saturated heterocycles. The number of nitrogens with one attached hydrogen (secondary N) is 1. The molecule has 2 bridgehead atoms. The highest BCUT2D eigenvalue weighted by atomic mass is 19.1. The molecule has 1 aromatic carbocycles. The fraction of sp³-hybridized carbons (Fsp3) is 0.600. The van der Waals surface area contributed by atoms with Gasteiger partial charge in [0.25, 0.3) is 0 Å². The molecule has 0 amide bonds. The molecule has 3 rings (SSSR count). The van der Waals surface area contributed by atoms with Gasteiger partial charge in [-0.1, -0.05) is 0 Å². The number of nitrogens with two attached hydrogens (primary N) is 1. The summed E-state index contributed by atoms with van der Waals surface area (Å²) >= 11 is 0. The molecule has 3 unspecified atom stereocenters. The average molecular weight is 279 g/mol. The first-order chi connectivity index (χ1) is 9.66. The molecule has 0 radical (unpaired) electrons. The van der Waals surface area contributed by atoms with E-state index >= 15 is 0 Å². The van der Waals surface area contributed by atoms with Crippen LogP contribution in [0.4, 0.5) is 10.1 Å². The highest BCUT2D eigenvalue weighted by molar-refractivity contribution is 5.52. The lowest BCUT2D eigenvalue weighted by Crippen LogP contribution is -2.56. The van der Waals surface area contributed by atoms with E-state index in [0.717, 1.165) is 32.5 Å². The molecule has 0 aromatic heterocycles. The number of fused-ring (bicyclic) bond motifs is 2. The number of nitrogens with zero attached hydrogens (tertiary/aromatic N) is 1. The Balaban J connectivity index is 1.87. The maximum atomic E-state index is 14.0. The zero-order chi connectivity index (χ0) is 14.2. The second-order valence-corrected chi connectivity index (χ2v) is 5.87. The third-order valence-corrected chi connectivity index (χ3v) is 4.85. The lowest BCUT2D eigenvalue weighted by Gasteiger charge is -2.43. The van der Waals surface area contributed by atoms with Gasteiger partial charge >= 0.3 is 0 Å². The molecule has 0 saturated carbocycles. The number of halogens is 1. The van der Waals surface area contributed by atoms with Gasteiger partial charge in [0.15, 0.2) is 0 Å². The van der Waals surface area contributed by atoms with Crippen molar-refractivity contribution in [1.29, 1.82) is 0 Å². The molecule has 3 N–H and O–H groups in total. The molecule has 110 valence electrons. The Bertz CT molecular complexity index is 496. The summed E-state index contributed by atoms with van der Waals surface area (Å²) in [6.07, 6.45) is 2.10. The lowest BCUT2D eigenvalue weighted by molar-refractivity contribution is 0.189. The zero-order valence-corrected chi connectivity index (χ0v) is 11.9. The van der Waals surface area contributed by atoms with Crippen molar-refractivity contribution >= 4 is 5.69 Å². The van der Waals surface area contributed by atoms with Gasteiger partial charge in [-0.15, -0.1) is 0 Å². The van der Waals surface area contributed by atoms with E-state index < -0.39 is 0 Å². The largest absolute Gasteiger partial charge is 0.497 e. The molecule has 4 nitrogen and oxygen atoms in total. The Morgan fingerprint density at radius 3 is 3.10 bits per heavy atom. The summed E-state index contributed by atoms with van der Waals surface area (Å²) in [6, 6.07) is 4.79. The second-order valence-electron chi connectivity index (χ2n) is 5.87. The zero-order valence-electron chi connectivity index (χ0n) is 11.9. The molecule has 20 heavy (non-hydrogen) atoms. The maximum Gasteiger partial charge on any atom is 0.146 e. The van der Waals surface area contributed by atoms with Crippen LogP contribution in [0.15, 0.2) is 18.2 Å². The number of hydrogen-bond donors (Lipinski definition) is 2. The Morgan fingerprint density at radius 2 is 2.35 bits per heavy atom. The van der Waals surface area contributed by atoms with Crippen molar-refractivity contribution in [3.05, 3.63) is 24.0 Å². The Morgan fingerprint density at radius 1 is 1.50 bits per heavy atom. The highest BCUT2D eigenvalue weighted by Gasteiger charge is 2.45. The van der Waals surface area contributed by atoms with Crippen LogP contribution in [0.2, 0.25) is 0 Å². The molecular weight excluding hydrogens is 257 g/mol. The van der Waals surface area contributed by atoms with Crippen LogP contribution in [-0.2, 0) is 0 Å². The van der Waals surface area contributed by atoms with Crippen molar-refractivity contribution in [3.63, 3.8) is 0 Å². The van der Waals surface area contributed by atoms with Gasteiger partial charge in [-0.25, -0.2) is 4.39 Å². The van der Waals surface area contributed by atoms with E-state index in [2.05, 4.69) is 10.2 Å². The van der Waals surface area contributed by atoms with Crippen molar-refractivity contribution in [3.8, 4) is 5.75 Å². The van der Waals surface area contributed by atoms with Crippen LogP contribution in [0.25, 0.3) is 0 Å². The first kappa shape index (κ1) is 13.6. The average Bonchev–Trinajstić information content (AvgIpc) is 2.89. The van der Waals surface area contributed by atoms with Gasteiger partial charge in [-0.3, -0.25) is 0 Å². The van der Waals surface area contributed by atoms with Crippen LogP contribution in [0.1, 0.15) is 12.8 Å². The molecular formula is C15H22FN3O. The summed E-state index contributed by atoms with van der Waals surface area (Å²) in [5.41, 5.74) is 6.36. The van der Waals surface area contributed by atoms with Gasteiger partial charge in [0.05, 0.1) is 18.3 Å². The molecule has 5 heteroatoms. The predicted molar refractivity (Wildman–Crippen MR) is 77.5 cm³/mol. The van der Waals surface area contributed by atoms with E-state index in [0.29, 0.717) is 23.9 Å². The molecule has 2 fully saturated rings. The second kappa shape index (κ2) is 5.22. The van der Waals surface area contributed by atoms with E-state index in [1.54, 1.807) is 19.2 Å². The van der Waals surface area contributed by atoms with Crippen molar-refractivity contribution in [2.75, 3.05) is 38.6 Å². The van der Waals surface area contributed by atoms with Crippen molar-refractivity contribution in [1.82, 2.24) is 4.90 Å². The van der Waals surface area contributed by atoms with Crippen LogP contribution in [0.5, 0.6) is 5.75 Å². The fourth-order valence-corrected chi connectivity index (χ4v) is 3.53. The molecule has 0 aliphatic carbocycles. The molecule has 2 heterocycles. The minimum absolute atomic E-state index is 0.194. The molecule has 0 spiro atoms. The van der Waals surface area contributed by atoms with Crippen molar-refractivity contribution in [2.24, 2.45) is 11.7 Å². The van der Waals surface area contributed by atoms with Crippen LogP contribution in [0, 0.1) is 11.7 Å². The number of methoxy groups -OCH3 is 1. The van der Waals surface area contributed by atoms with Crippen molar-refractivity contribution < 1.29 is 9.13 Å². The molecule has 3 atom stereocenters. The number of piperidine rings is 1. The molecule has 1 aromatic rings. The summed E-state index contributed by atoms with van der Waals surface area (Å²) < 4.78 is 19.2. The Labute approximate surface area is 119 Å². The molecule has 2 aliphatic heterocycles. The number of ether oxygens (including phenoxy) is 1. The monoisotopic (exact) mass is 279 g/mol. The first-order valence-corrected chi connectivity index (χ1v) is 7.21. The summed E-state index contributed by atoms with van der Waals surface area (Å²) in [5, 5.41) is 3.41. The van der Waals surface area contributed by atoms with Gasteiger partial charge in [-0.05, 0) is 37.4 Å². The van der Waals surface area contributed by atoms with Gasteiger partial charge in [-0.2, -0.15) is 0 Å². The van der Waals surface area contributed by atoms with Crippen LogP contribution < -0.4 is 15.8 Å². The third kappa shape index (κ3) is 2.25. The van der Waals surface area contributed by atoms with E-state index in [4.69, 9.17) is 10.5 Å². The van der Waals surface area contributed by atoms with E-state index in [9.17, 15) is 4.39 Å². The third-order valence-electron chi connectivity index (χ3n) is 4.85.